The number of aliphatic hydroxyl groups excluding tert-OH is 1. The molecule has 0 heterocycles. The second-order valence-corrected chi connectivity index (χ2v) is 6.66. The van der Waals surface area contributed by atoms with Crippen molar-refractivity contribution in [1.82, 2.24) is 0 Å². The lowest BCUT2D eigenvalue weighted by Crippen LogP contribution is -2.14. The summed E-state index contributed by atoms with van der Waals surface area (Å²) in [5, 5.41) is 8.77. The third-order valence-electron chi connectivity index (χ3n) is 4.53. The third-order valence-corrected chi connectivity index (χ3v) is 4.53. The minimum atomic E-state index is 0.148. The van der Waals surface area contributed by atoms with Crippen LogP contribution in [0.2, 0.25) is 0 Å². The van der Waals surface area contributed by atoms with Gasteiger partial charge in [-0.05, 0) is 12.8 Å². The number of hydrogen-bond acceptors (Lipinski definition) is 2. The van der Waals surface area contributed by atoms with E-state index in [1.165, 1.54) is 83.5 Å². The minimum absolute atomic E-state index is 0.148. The summed E-state index contributed by atoms with van der Waals surface area (Å²) >= 11 is 0. The monoisotopic (exact) mass is 314 g/mol. The van der Waals surface area contributed by atoms with E-state index in [1.807, 2.05) is 0 Å². The summed E-state index contributed by atoms with van der Waals surface area (Å²) in [6, 6.07) is 0. The summed E-state index contributed by atoms with van der Waals surface area (Å²) in [5.41, 5.74) is 0. The Morgan fingerprint density at radius 2 is 1.14 bits per heavy atom. The van der Waals surface area contributed by atoms with Crippen molar-refractivity contribution >= 4 is 0 Å². The van der Waals surface area contributed by atoms with Gasteiger partial charge in [-0.25, -0.2) is 0 Å². The van der Waals surface area contributed by atoms with Gasteiger partial charge >= 0.3 is 0 Å². The Kier molecular flexibility index (Phi) is 18.9. The number of unbranched alkanes of at least 4 members (excludes halogenated alkanes) is 12. The van der Waals surface area contributed by atoms with E-state index in [0.29, 0.717) is 12.7 Å². The van der Waals surface area contributed by atoms with E-state index in [2.05, 4.69) is 13.8 Å². The van der Waals surface area contributed by atoms with E-state index in [4.69, 9.17) is 9.84 Å². The average Bonchev–Trinajstić information content (AvgIpc) is 2.54. The largest absolute Gasteiger partial charge is 0.394 e. The Morgan fingerprint density at radius 3 is 1.55 bits per heavy atom. The maximum atomic E-state index is 8.77. The fourth-order valence-corrected chi connectivity index (χ4v) is 3.01. The van der Waals surface area contributed by atoms with E-state index in [-0.39, 0.29) is 6.61 Å². The standard InChI is InChI=1S/C20H42O2/c1-3-5-6-7-8-9-10-11-12-13-14-15-16-17-20(4-2)22-19-18-21/h20-21H,3-19H2,1-2H3. The first-order valence-electron chi connectivity index (χ1n) is 10.1. The Morgan fingerprint density at radius 1 is 0.682 bits per heavy atom. The van der Waals surface area contributed by atoms with Gasteiger partial charge < -0.3 is 9.84 Å². The molecule has 0 rings (SSSR count). The summed E-state index contributed by atoms with van der Waals surface area (Å²) in [6.07, 6.45) is 20.9. The number of rotatable bonds is 18. The molecule has 2 nitrogen and oxygen atoms in total. The first kappa shape index (κ1) is 21.9. The highest BCUT2D eigenvalue weighted by Crippen LogP contribution is 2.14. The van der Waals surface area contributed by atoms with Crippen LogP contribution in [-0.4, -0.2) is 24.4 Å². The van der Waals surface area contributed by atoms with E-state index >= 15 is 0 Å². The molecule has 0 radical (unpaired) electrons. The second-order valence-electron chi connectivity index (χ2n) is 6.66. The van der Waals surface area contributed by atoms with Crippen LogP contribution in [0.3, 0.4) is 0 Å². The van der Waals surface area contributed by atoms with Crippen molar-refractivity contribution < 1.29 is 9.84 Å². The molecular formula is C20H42O2. The van der Waals surface area contributed by atoms with Gasteiger partial charge in [-0.1, -0.05) is 97.3 Å². The molecule has 0 aromatic heterocycles. The Balaban J connectivity index is 3.13. The van der Waals surface area contributed by atoms with E-state index in [0.717, 1.165) is 12.8 Å². The highest BCUT2D eigenvalue weighted by molar-refractivity contribution is 4.56. The lowest BCUT2D eigenvalue weighted by Gasteiger charge is -2.15. The van der Waals surface area contributed by atoms with Crippen LogP contribution in [0.4, 0.5) is 0 Å². The molecule has 0 bridgehead atoms. The molecule has 0 aliphatic heterocycles. The zero-order valence-electron chi connectivity index (χ0n) is 15.5. The summed E-state index contributed by atoms with van der Waals surface area (Å²) in [7, 11) is 0. The van der Waals surface area contributed by atoms with Crippen LogP contribution >= 0.6 is 0 Å². The number of aliphatic hydroxyl groups is 1. The Hall–Kier alpha value is -0.0800. The maximum Gasteiger partial charge on any atom is 0.0701 e. The van der Waals surface area contributed by atoms with Gasteiger partial charge in [0.05, 0.1) is 19.3 Å². The van der Waals surface area contributed by atoms with Crippen LogP contribution in [-0.2, 0) is 4.74 Å². The van der Waals surface area contributed by atoms with Crippen LogP contribution in [0.5, 0.6) is 0 Å². The van der Waals surface area contributed by atoms with Gasteiger partial charge in [0.25, 0.3) is 0 Å². The van der Waals surface area contributed by atoms with Crippen LogP contribution in [0.1, 0.15) is 110 Å². The van der Waals surface area contributed by atoms with Crippen molar-refractivity contribution in [1.29, 1.82) is 0 Å². The molecular weight excluding hydrogens is 272 g/mol. The Bertz CT molecular complexity index is 194. The molecule has 0 aliphatic rings. The molecule has 1 unspecified atom stereocenters. The molecule has 0 aliphatic carbocycles. The van der Waals surface area contributed by atoms with E-state index < -0.39 is 0 Å². The third kappa shape index (κ3) is 16.3. The molecule has 0 spiro atoms. The first-order valence-corrected chi connectivity index (χ1v) is 10.1. The normalized spacial score (nSPS) is 12.7. The number of hydrogen-bond donors (Lipinski definition) is 1. The summed E-state index contributed by atoms with van der Waals surface area (Å²) in [6.45, 7) is 5.10. The van der Waals surface area contributed by atoms with Gasteiger partial charge in [-0.2, -0.15) is 0 Å². The van der Waals surface area contributed by atoms with Gasteiger partial charge in [-0.15, -0.1) is 0 Å². The molecule has 1 N–H and O–H groups in total. The molecule has 0 aromatic rings. The Labute approximate surface area is 140 Å². The van der Waals surface area contributed by atoms with Crippen molar-refractivity contribution in [3.63, 3.8) is 0 Å². The molecule has 0 saturated heterocycles. The van der Waals surface area contributed by atoms with Crippen LogP contribution in [0.25, 0.3) is 0 Å². The lowest BCUT2D eigenvalue weighted by atomic mass is 10.0. The highest BCUT2D eigenvalue weighted by atomic mass is 16.5. The van der Waals surface area contributed by atoms with Crippen molar-refractivity contribution in [2.75, 3.05) is 13.2 Å². The maximum absolute atomic E-state index is 8.77. The smallest absolute Gasteiger partial charge is 0.0701 e. The van der Waals surface area contributed by atoms with Gasteiger partial charge in [0.15, 0.2) is 0 Å². The molecule has 2 heteroatoms. The highest BCUT2D eigenvalue weighted by Gasteiger charge is 2.05. The SMILES string of the molecule is CCCCCCCCCCCCCCCC(CC)OCCO. The summed E-state index contributed by atoms with van der Waals surface area (Å²) in [4.78, 5) is 0. The predicted molar refractivity (Wildman–Crippen MR) is 97.4 cm³/mol. The molecule has 134 valence electrons. The number of ether oxygens (including phenoxy) is 1. The quantitative estimate of drug-likeness (QED) is 0.303. The molecule has 0 aromatic carbocycles. The van der Waals surface area contributed by atoms with Gasteiger partial charge in [-0.3, -0.25) is 0 Å². The van der Waals surface area contributed by atoms with Crippen LogP contribution in [0.15, 0.2) is 0 Å². The molecule has 1 atom stereocenters. The predicted octanol–water partition coefficient (Wildman–Crippen LogP) is 6.26. The molecule has 22 heavy (non-hydrogen) atoms. The topological polar surface area (TPSA) is 29.5 Å². The second kappa shape index (κ2) is 19.0. The fourth-order valence-electron chi connectivity index (χ4n) is 3.01. The molecule has 0 fully saturated rings. The van der Waals surface area contributed by atoms with E-state index in [1.54, 1.807) is 0 Å². The summed E-state index contributed by atoms with van der Waals surface area (Å²) < 4.78 is 5.60. The summed E-state index contributed by atoms with van der Waals surface area (Å²) in [5.74, 6) is 0. The van der Waals surface area contributed by atoms with Crippen molar-refractivity contribution in [3.05, 3.63) is 0 Å². The van der Waals surface area contributed by atoms with Crippen molar-refractivity contribution in [3.8, 4) is 0 Å². The van der Waals surface area contributed by atoms with Crippen molar-refractivity contribution in [2.45, 2.75) is 116 Å². The zero-order valence-corrected chi connectivity index (χ0v) is 15.5. The fraction of sp³-hybridized carbons (Fsp3) is 1.00. The molecule has 0 amide bonds. The molecule has 0 saturated carbocycles. The van der Waals surface area contributed by atoms with Gasteiger partial charge in [0.2, 0.25) is 0 Å². The first-order chi connectivity index (χ1) is 10.8. The van der Waals surface area contributed by atoms with E-state index in [9.17, 15) is 0 Å². The average molecular weight is 315 g/mol. The lowest BCUT2D eigenvalue weighted by molar-refractivity contribution is 0.0208. The van der Waals surface area contributed by atoms with Crippen LogP contribution < -0.4 is 0 Å². The minimum Gasteiger partial charge on any atom is -0.394 e. The van der Waals surface area contributed by atoms with Crippen LogP contribution in [0, 0.1) is 0 Å². The van der Waals surface area contributed by atoms with Gasteiger partial charge in [0.1, 0.15) is 0 Å². The van der Waals surface area contributed by atoms with Gasteiger partial charge in [0, 0.05) is 0 Å². The zero-order chi connectivity index (χ0) is 16.3. The van der Waals surface area contributed by atoms with Crippen molar-refractivity contribution in [2.24, 2.45) is 0 Å².